The number of nitrogens with zero attached hydrogens (tertiary/aromatic N) is 1. The molecule has 2 aromatic carbocycles. The second kappa shape index (κ2) is 8.12. The second-order valence-electron chi connectivity index (χ2n) is 6.11. The molecule has 0 aliphatic heterocycles. The molecule has 3 aromatic rings. The van der Waals surface area contributed by atoms with Crippen molar-refractivity contribution in [2.45, 2.75) is 19.3 Å². The number of carbonyl (C=O) groups excluding carboxylic acids is 1. The van der Waals surface area contributed by atoms with Crippen molar-refractivity contribution in [1.29, 1.82) is 0 Å². The van der Waals surface area contributed by atoms with E-state index in [2.05, 4.69) is 0 Å². The van der Waals surface area contributed by atoms with Crippen LogP contribution in [0.5, 0.6) is 0 Å². The van der Waals surface area contributed by atoms with E-state index >= 15 is 0 Å². The van der Waals surface area contributed by atoms with Crippen molar-refractivity contribution < 1.29 is 22.7 Å². The van der Waals surface area contributed by atoms with E-state index in [-0.39, 0.29) is 6.61 Å². The summed E-state index contributed by atoms with van der Waals surface area (Å²) >= 11 is 0. The summed E-state index contributed by atoms with van der Waals surface area (Å²) in [5.41, 5.74) is 1.07. The lowest BCUT2D eigenvalue weighted by Crippen LogP contribution is -2.26. The van der Waals surface area contributed by atoms with Crippen LogP contribution in [-0.2, 0) is 28.9 Å². The maximum absolute atomic E-state index is 12.7. The summed E-state index contributed by atoms with van der Waals surface area (Å²) in [5, 5.41) is 0. The molecule has 3 rings (SSSR count). The molecule has 0 bridgehead atoms. The molecule has 7 heteroatoms. The molecule has 0 saturated carbocycles. The van der Waals surface area contributed by atoms with Gasteiger partial charge in [0, 0.05) is 12.3 Å². The molecule has 0 atom stereocenters. The van der Waals surface area contributed by atoms with Gasteiger partial charge in [-0.3, -0.25) is 9.59 Å². The minimum atomic E-state index is -4.60. The maximum Gasteiger partial charge on any atom is 0.417 e. The molecule has 0 unspecified atom stereocenters. The van der Waals surface area contributed by atoms with Gasteiger partial charge < -0.3 is 9.30 Å². The number of alkyl halides is 3. The molecule has 144 valence electrons. The number of pyridine rings is 1. The second-order valence-corrected chi connectivity index (χ2v) is 6.11. The molecule has 0 saturated heterocycles. The number of rotatable bonds is 5. The number of esters is 1. The van der Waals surface area contributed by atoms with Gasteiger partial charge in [-0.05, 0) is 22.8 Å². The number of aromatic nitrogens is 1. The first-order valence-corrected chi connectivity index (χ1v) is 8.40. The molecular weight excluding hydrogens is 371 g/mol. The highest BCUT2D eigenvalue weighted by molar-refractivity contribution is 5.69. The number of hydrogen-bond acceptors (Lipinski definition) is 3. The van der Waals surface area contributed by atoms with E-state index in [4.69, 9.17) is 4.74 Å². The predicted octanol–water partition coefficient (Wildman–Crippen LogP) is 4.28. The molecular formula is C21H16F3NO3. The third kappa shape index (κ3) is 4.88. The standard InChI is InChI=1S/C21H16F3NO3/c22-21(23,24)18-10-11-19(26)25(12-18)13-20(27)28-14-15-6-8-17(9-7-15)16-4-2-1-3-5-16/h1-12H,13-14H2. The van der Waals surface area contributed by atoms with Crippen molar-refractivity contribution in [1.82, 2.24) is 4.57 Å². The van der Waals surface area contributed by atoms with Crippen LogP contribution in [0.1, 0.15) is 11.1 Å². The summed E-state index contributed by atoms with van der Waals surface area (Å²) in [6.07, 6.45) is -3.99. The first kappa shape index (κ1) is 19.4. The fraction of sp³-hybridized carbons (Fsp3) is 0.143. The topological polar surface area (TPSA) is 48.3 Å². The van der Waals surface area contributed by atoms with Gasteiger partial charge in [0.05, 0.1) is 5.56 Å². The quantitative estimate of drug-likeness (QED) is 0.614. The van der Waals surface area contributed by atoms with Gasteiger partial charge in [0.1, 0.15) is 13.2 Å². The van der Waals surface area contributed by atoms with Gasteiger partial charge in [0.2, 0.25) is 0 Å². The molecule has 0 amide bonds. The molecule has 4 nitrogen and oxygen atoms in total. The molecule has 0 fully saturated rings. The number of benzene rings is 2. The number of halogens is 3. The number of carbonyl (C=O) groups is 1. The zero-order valence-corrected chi connectivity index (χ0v) is 14.6. The molecule has 0 aliphatic carbocycles. The van der Waals surface area contributed by atoms with Crippen LogP contribution in [0.25, 0.3) is 11.1 Å². The van der Waals surface area contributed by atoms with Crippen LogP contribution >= 0.6 is 0 Å². The average Bonchev–Trinajstić information content (AvgIpc) is 2.68. The van der Waals surface area contributed by atoms with Crippen LogP contribution in [0.4, 0.5) is 13.2 Å². The fourth-order valence-corrected chi connectivity index (χ4v) is 2.60. The Balaban J connectivity index is 1.61. The Bertz CT molecular complexity index is 1010. The summed E-state index contributed by atoms with van der Waals surface area (Å²) in [6.45, 7) is -0.632. The number of hydrogen-bond donors (Lipinski definition) is 0. The van der Waals surface area contributed by atoms with Crippen LogP contribution < -0.4 is 5.56 Å². The van der Waals surface area contributed by atoms with E-state index in [0.717, 1.165) is 22.8 Å². The zero-order chi connectivity index (χ0) is 20.1. The highest BCUT2D eigenvalue weighted by atomic mass is 19.4. The zero-order valence-electron chi connectivity index (χ0n) is 14.6. The van der Waals surface area contributed by atoms with E-state index in [1.165, 1.54) is 0 Å². The van der Waals surface area contributed by atoms with E-state index in [9.17, 15) is 22.8 Å². The summed E-state index contributed by atoms with van der Waals surface area (Å²) in [5.74, 6) is -0.798. The minimum Gasteiger partial charge on any atom is -0.459 e. The van der Waals surface area contributed by atoms with E-state index in [1.807, 2.05) is 42.5 Å². The summed E-state index contributed by atoms with van der Waals surface area (Å²) < 4.78 is 44.0. The van der Waals surface area contributed by atoms with Crippen molar-refractivity contribution in [3.63, 3.8) is 0 Å². The largest absolute Gasteiger partial charge is 0.459 e. The predicted molar refractivity (Wildman–Crippen MR) is 97.4 cm³/mol. The van der Waals surface area contributed by atoms with Crippen molar-refractivity contribution >= 4 is 5.97 Å². The Morgan fingerprint density at radius 3 is 2.18 bits per heavy atom. The van der Waals surface area contributed by atoms with Gasteiger partial charge in [-0.2, -0.15) is 13.2 Å². The first-order valence-electron chi connectivity index (χ1n) is 8.40. The molecule has 28 heavy (non-hydrogen) atoms. The van der Waals surface area contributed by atoms with Gasteiger partial charge in [-0.1, -0.05) is 54.6 Å². The number of ether oxygens (including phenoxy) is 1. The SMILES string of the molecule is O=C(Cn1cc(C(F)(F)F)ccc1=O)OCc1ccc(-c2ccccc2)cc1. The lowest BCUT2D eigenvalue weighted by Gasteiger charge is -2.11. The molecule has 1 heterocycles. The highest BCUT2D eigenvalue weighted by Gasteiger charge is 2.31. The van der Waals surface area contributed by atoms with E-state index in [0.29, 0.717) is 16.8 Å². The Morgan fingerprint density at radius 2 is 1.54 bits per heavy atom. The van der Waals surface area contributed by atoms with Gasteiger partial charge in [0.15, 0.2) is 0 Å². The molecule has 0 radical (unpaired) electrons. The van der Waals surface area contributed by atoms with E-state index < -0.39 is 29.8 Å². The lowest BCUT2D eigenvalue weighted by atomic mass is 10.0. The molecule has 0 spiro atoms. The Hall–Kier alpha value is -3.35. The third-order valence-corrected chi connectivity index (χ3v) is 4.07. The normalized spacial score (nSPS) is 11.2. The fourth-order valence-electron chi connectivity index (χ4n) is 2.60. The molecule has 0 aliphatic rings. The maximum atomic E-state index is 12.7. The van der Waals surface area contributed by atoms with E-state index in [1.54, 1.807) is 12.1 Å². The van der Waals surface area contributed by atoms with Crippen LogP contribution in [0.15, 0.2) is 77.7 Å². The lowest BCUT2D eigenvalue weighted by molar-refractivity contribution is -0.146. The van der Waals surface area contributed by atoms with Gasteiger partial charge in [-0.25, -0.2) is 0 Å². The van der Waals surface area contributed by atoms with Gasteiger partial charge in [0.25, 0.3) is 5.56 Å². The van der Waals surface area contributed by atoms with Crippen LogP contribution in [0.2, 0.25) is 0 Å². The van der Waals surface area contributed by atoms with Crippen molar-refractivity contribution in [2.24, 2.45) is 0 Å². The van der Waals surface area contributed by atoms with Crippen LogP contribution in [0, 0.1) is 0 Å². The molecule has 0 N–H and O–H groups in total. The Labute approximate surface area is 158 Å². The minimum absolute atomic E-state index is 0.0401. The average molecular weight is 387 g/mol. The van der Waals surface area contributed by atoms with Crippen LogP contribution in [0.3, 0.4) is 0 Å². The molecule has 1 aromatic heterocycles. The summed E-state index contributed by atoms with van der Waals surface area (Å²) in [6, 6.07) is 18.6. The monoisotopic (exact) mass is 387 g/mol. The smallest absolute Gasteiger partial charge is 0.417 e. The highest BCUT2D eigenvalue weighted by Crippen LogP contribution is 2.28. The Kier molecular flexibility index (Phi) is 5.63. The first-order chi connectivity index (χ1) is 13.3. The van der Waals surface area contributed by atoms with Gasteiger partial charge >= 0.3 is 12.1 Å². The summed E-state index contributed by atoms with van der Waals surface area (Å²) in [4.78, 5) is 23.6. The van der Waals surface area contributed by atoms with Crippen molar-refractivity contribution in [2.75, 3.05) is 0 Å². The Morgan fingerprint density at radius 1 is 0.893 bits per heavy atom. The van der Waals surface area contributed by atoms with Crippen molar-refractivity contribution in [3.8, 4) is 11.1 Å². The third-order valence-electron chi connectivity index (χ3n) is 4.07. The van der Waals surface area contributed by atoms with Crippen molar-refractivity contribution in [3.05, 3.63) is 94.4 Å². The van der Waals surface area contributed by atoms with Crippen LogP contribution in [-0.4, -0.2) is 10.5 Å². The summed E-state index contributed by atoms with van der Waals surface area (Å²) in [7, 11) is 0. The van der Waals surface area contributed by atoms with Gasteiger partial charge in [-0.15, -0.1) is 0 Å².